The average molecular weight is 317 g/mol. The molecule has 0 spiro atoms. The molecule has 3 rings (SSSR count). The Morgan fingerprint density at radius 3 is 2.61 bits per heavy atom. The van der Waals surface area contributed by atoms with E-state index in [9.17, 15) is 4.79 Å². The van der Waals surface area contributed by atoms with Crippen LogP contribution >= 0.6 is 0 Å². The smallest absolute Gasteiger partial charge is 0.290 e. The zero-order chi connectivity index (χ0) is 16.7. The van der Waals surface area contributed by atoms with Crippen molar-refractivity contribution in [3.05, 3.63) is 40.1 Å². The molecule has 6 heteroatoms. The van der Waals surface area contributed by atoms with E-state index in [4.69, 9.17) is 9.15 Å². The second kappa shape index (κ2) is 5.85. The topological polar surface area (TPSA) is 60.5 Å². The normalized spacial score (nSPS) is 18.5. The Labute approximate surface area is 136 Å². The van der Waals surface area contributed by atoms with Gasteiger partial charge >= 0.3 is 0 Å². The third kappa shape index (κ3) is 2.67. The Morgan fingerprint density at radius 2 is 2.04 bits per heavy atom. The molecule has 0 aromatic carbocycles. The van der Waals surface area contributed by atoms with Gasteiger partial charge in [-0.1, -0.05) is 0 Å². The highest BCUT2D eigenvalue weighted by atomic mass is 16.5. The number of nitrogens with zero attached hydrogens (tertiary/aromatic N) is 3. The molecule has 2 aromatic rings. The summed E-state index contributed by atoms with van der Waals surface area (Å²) in [4.78, 5) is 14.8. The lowest BCUT2D eigenvalue weighted by atomic mass is 10.0. The summed E-state index contributed by atoms with van der Waals surface area (Å²) in [6.45, 7) is 9.33. The number of carbonyl (C=O) groups excluding carboxylic acids is 1. The second-order valence-corrected chi connectivity index (χ2v) is 6.17. The number of morpholine rings is 1. The number of hydrogen-bond acceptors (Lipinski definition) is 4. The van der Waals surface area contributed by atoms with Gasteiger partial charge in [0.15, 0.2) is 5.76 Å². The zero-order valence-corrected chi connectivity index (χ0v) is 14.3. The number of aromatic nitrogens is 2. The quantitative estimate of drug-likeness (QED) is 0.853. The first-order chi connectivity index (χ1) is 10.9. The van der Waals surface area contributed by atoms with Gasteiger partial charge in [-0.25, -0.2) is 0 Å². The molecule has 6 nitrogen and oxygen atoms in total. The fraction of sp³-hybridized carbons (Fsp3) is 0.529. The van der Waals surface area contributed by atoms with Crippen LogP contribution < -0.4 is 0 Å². The summed E-state index contributed by atoms with van der Waals surface area (Å²) in [6.07, 6.45) is 0. The predicted octanol–water partition coefficient (Wildman–Crippen LogP) is 2.46. The SMILES string of the molecule is Cc1cc(C)c(C(=O)N2CCOC[C@@H]2c2c(C)nn(C)c2C)o1. The lowest BCUT2D eigenvalue weighted by Crippen LogP contribution is -2.43. The summed E-state index contributed by atoms with van der Waals surface area (Å²) >= 11 is 0. The Balaban J connectivity index is 1.99. The Hall–Kier alpha value is -2.08. The molecule has 0 aliphatic carbocycles. The van der Waals surface area contributed by atoms with E-state index in [1.165, 1.54) is 0 Å². The Kier molecular flexibility index (Phi) is 4.02. The largest absolute Gasteiger partial charge is 0.456 e. The third-order valence-corrected chi connectivity index (χ3v) is 4.52. The van der Waals surface area contributed by atoms with Crippen LogP contribution in [0.5, 0.6) is 0 Å². The van der Waals surface area contributed by atoms with E-state index in [0.717, 1.165) is 28.3 Å². The highest BCUT2D eigenvalue weighted by Crippen LogP contribution is 2.31. The molecule has 0 unspecified atom stereocenters. The molecular weight excluding hydrogens is 294 g/mol. The lowest BCUT2D eigenvalue weighted by molar-refractivity contribution is -0.00471. The number of rotatable bonds is 2. The van der Waals surface area contributed by atoms with Gasteiger partial charge < -0.3 is 14.1 Å². The van der Waals surface area contributed by atoms with Crippen LogP contribution in [0.15, 0.2) is 10.5 Å². The average Bonchev–Trinajstić information content (AvgIpc) is 2.97. The first-order valence-corrected chi connectivity index (χ1v) is 7.86. The van der Waals surface area contributed by atoms with Crippen molar-refractivity contribution in [3.63, 3.8) is 0 Å². The molecule has 3 heterocycles. The molecule has 0 radical (unpaired) electrons. The number of hydrogen-bond donors (Lipinski definition) is 0. The van der Waals surface area contributed by atoms with Gasteiger partial charge in [0.1, 0.15) is 5.76 Å². The van der Waals surface area contributed by atoms with Crippen LogP contribution in [0.2, 0.25) is 0 Å². The van der Waals surface area contributed by atoms with Crippen molar-refractivity contribution in [3.8, 4) is 0 Å². The first kappa shape index (κ1) is 15.8. The molecule has 1 fully saturated rings. The Morgan fingerprint density at radius 1 is 1.30 bits per heavy atom. The molecule has 1 amide bonds. The van der Waals surface area contributed by atoms with E-state index in [-0.39, 0.29) is 11.9 Å². The minimum atomic E-state index is -0.130. The molecule has 1 aliphatic rings. The van der Waals surface area contributed by atoms with Crippen molar-refractivity contribution < 1.29 is 13.9 Å². The number of aryl methyl sites for hydroxylation is 4. The zero-order valence-electron chi connectivity index (χ0n) is 14.3. The molecule has 124 valence electrons. The molecule has 2 aromatic heterocycles. The Bertz CT molecular complexity index is 745. The summed E-state index contributed by atoms with van der Waals surface area (Å²) in [7, 11) is 1.92. The van der Waals surface area contributed by atoms with Crippen molar-refractivity contribution in [2.75, 3.05) is 19.8 Å². The van der Waals surface area contributed by atoms with E-state index in [1.54, 1.807) is 0 Å². The monoisotopic (exact) mass is 317 g/mol. The van der Waals surface area contributed by atoms with E-state index in [0.29, 0.717) is 25.5 Å². The second-order valence-electron chi connectivity index (χ2n) is 6.17. The fourth-order valence-corrected chi connectivity index (χ4v) is 3.34. The van der Waals surface area contributed by atoms with E-state index >= 15 is 0 Å². The molecule has 1 saturated heterocycles. The number of ether oxygens (including phenoxy) is 1. The predicted molar refractivity (Wildman–Crippen MR) is 85.5 cm³/mol. The van der Waals surface area contributed by atoms with Gasteiger partial charge in [0.05, 0.1) is 24.9 Å². The van der Waals surface area contributed by atoms with Crippen molar-refractivity contribution >= 4 is 5.91 Å². The standard InChI is InChI=1S/C17H23N3O3/c1-10-8-11(2)23-16(10)17(21)20-6-7-22-9-14(20)15-12(3)18-19(5)13(15)4/h8,14H,6-7,9H2,1-5H3/t14-/m1/s1. The minimum absolute atomic E-state index is 0.0773. The number of amides is 1. The highest BCUT2D eigenvalue weighted by Gasteiger charge is 2.34. The first-order valence-electron chi connectivity index (χ1n) is 7.86. The highest BCUT2D eigenvalue weighted by molar-refractivity contribution is 5.93. The maximum atomic E-state index is 13.0. The third-order valence-electron chi connectivity index (χ3n) is 4.52. The van der Waals surface area contributed by atoms with Crippen molar-refractivity contribution in [2.45, 2.75) is 33.7 Å². The van der Waals surface area contributed by atoms with E-state index in [2.05, 4.69) is 5.10 Å². The maximum absolute atomic E-state index is 13.0. The van der Waals surface area contributed by atoms with Crippen molar-refractivity contribution in [1.29, 1.82) is 0 Å². The van der Waals surface area contributed by atoms with Gasteiger partial charge in [-0.3, -0.25) is 9.48 Å². The van der Waals surface area contributed by atoms with Crippen LogP contribution in [-0.2, 0) is 11.8 Å². The van der Waals surface area contributed by atoms with E-state index in [1.807, 2.05) is 50.4 Å². The van der Waals surface area contributed by atoms with Crippen LogP contribution in [0, 0.1) is 27.7 Å². The van der Waals surface area contributed by atoms with Crippen LogP contribution in [0.4, 0.5) is 0 Å². The summed E-state index contributed by atoms with van der Waals surface area (Å²) in [5.74, 6) is 1.10. The summed E-state index contributed by atoms with van der Waals surface area (Å²) in [5.41, 5.74) is 3.94. The van der Waals surface area contributed by atoms with Gasteiger partial charge in [-0.15, -0.1) is 0 Å². The van der Waals surface area contributed by atoms with Crippen LogP contribution in [-0.4, -0.2) is 40.3 Å². The van der Waals surface area contributed by atoms with Crippen LogP contribution in [0.25, 0.3) is 0 Å². The van der Waals surface area contributed by atoms with E-state index < -0.39 is 0 Å². The molecule has 1 aliphatic heterocycles. The van der Waals surface area contributed by atoms with Gasteiger partial charge in [0.2, 0.25) is 0 Å². The molecule has 0 bridgehead atoms. The van der Waals surface area contributed by atoms with Gasteiger partial charge in [-0.2, -0.15) is 5.10 Å². The maximum Gasteiger partial charge on any atom is 0.290 e. The van der Waals surface area contributed by atoms with Crippen molar-refractivity contribution in [2.24, 2.45) is 7.05 Å². The number of carbonyl (C=O) groups is 1. The van der Waals surface area contributed by atoms with Crippen LogP contribution in [0.1, 0.15) is 44.9 Å². The van der Waals surface area contributed by atoms with Gasteiger partial charge in [0.25, 0.3) is 5.91 Å². The van der Waals surface area contributed by atoms with Gasteiger partial charge in [-0.05, 0) is 33.8 Å². The molecule has 0 N–H and O–H groups in total. The van der Waals surface area contributed by atoms with Gasteiger partial charge in [0, 0.05) is 30.4 Å². The summed E-state index contributed by atoms with van der Waals surface area (Å²) < 4.78 is 13.1. The van der Waals surface area contributed by atoms with Crippen LogP contribution in [0.3, 0.4) is 0 Å². The molecule has 0 saturated carbocycles. The molecule has 1 atom stereocenters. The molecular formula is C17H23N3O3. The number of furan rings is 1. The van der Waals surface area contributed by atoms with Crippen molar-refractivity contribution in [1.82, 2.24) is 14.7 Å². The minimum Gasteiger partial charge on any atom is -0.456 e. The summed E-state index contributed by atoms with van der Waals surface area (Å²) in [6, 6.07) is 1.76. The fourth-order valence-electron chi connectivity index (χ4n) is 3.34. The lowest BCUT2D eigenvalue weighted by Gasteiger charge is -2.35. The molecule has 23 heavy (non-hydrogen) atoms. The summed E-state index contributed by atoms with van der Waals surface area (Å²) in [5, 5.41) is 4.47.